The Hall–Kier alpha value is -1.32. The molecule has 0 unspecified atom stereocenters. The van der Waals surface area contributed by atoms with Gasteiger partial charge in [-0.2, -0.15) is 0 Å². The van der Waals surface area contributed by atoms with Crippen LogP contribution in [0.5, 0.6) is 5.75 Å². The van der Waals surface area contributed by atoms with Gasteiger partial charge in [0.05, 0.1) is 17.7 Å². The molecule has 0 amide bonds. The largest absolute Gasteiger partial charge is 0.496 e. The quantitative estimate of drug-likeness (QED) is 0.779. The summed E-state index contributed by atoms with van der Waals surface area (Å²) >= 11 is 12.3. The number of methoxy groups -OCH3 is 1. The van der Waals surface area contributed by atoms with Gasteiger partial charge in [0, 0.05) is 11.3 Å². The minimum Gasteiger partial charge on any atom is -0.496 e. The molecule has 0 saturated carbocycles. The minimum atomic E-state index is 0.430. The lowest BCUT2D eigenvalue weighted by Crippen LogP contribution is -1.99. The molecule has 0 aliphatic carbocycles. The van der Waals surface area contributed by atoms with Crippen LogP contribution in [-0.2, 0) is 0 Å². The molecule has 0 fully saturated rings. The minimum absolute atomic E-state index is 0.430. The Labute approximate surface area is 116 Å². The lowest BCUT2D eigenvalue weighted by atomic mass is 10.1. The Balaban J connectivity index is 2.69. The number of nitrogens with zero attached hydrogens (tertiary/aromatic N) is 2. The molecule has 0 spiro atoms. The molecule has 3 nitrogen and oxygen atoms in total. The highest BCUT2D eigenvalue weighted by Crippen LogP contribution is 2.35. The fourth-order valence-corrected chi connectivity index (χ4v) is 2.06. The molecule has 0 aliphatic heterocycles. The lowest BCUT2D eigenvalue weighted by molar-refractivity contribution is 0.416. The van der Waals surface area contributed by atoms with E-state index in [0.29, 0.717) is 27.3 Å². The monoisotopic (exact) mass is 282 g/mol. The maximum atomic E-state index is 6.18. The number of hydrogen-bond acceptors (Lipinski definition) is 3. The standard InChI is InChI=1S/C13H12Cl2N2O/c1-7-8(2)16-13(17-12(7)15)11-9(14)5-4-6-10(11)18-3/h4-6H,1-3H3. The maximum absolute atomic E-state index is 6.18. The third-order valence-corrected chi connectivity index (χ3v) is 3.43. The van der Waals surface area contributed by atoms with Crippen LogP contribution in [0.3, 0.4) is 0 Å². The second kappa shape index (κ2) is 5.12. The number of ether oxygens (including phenoxy) is 1. The van der Waals surface area contributed by atoms with E-state index >= 15 is 0 Å². The second-order valence-corrected chi connectivity index (χ2v) is 4.63. The van der Waals surface area contributed by atoms with Crippen molar-refractivity contribution >= 4 is 23.2 Å². The summed E-state index contributed by atoms with van der Waals surface area (Å²) in [4.78, 5) is 8.68. The highest BCUT2D eigenvalue weighted by molar-refractivity contribution is 6.33. The van der Waals surface area contributed by atoms with E-state index in [1.54, 1.807) is 13.2 Å². The van der Waals surface area contributed by atoms with Gasteiger partial charge in [0.15, 0.2) is 5.82 Å². The molecule has 0 bridgehead atoms. The van der Waals surface area contributed by atoms with Crippen molar-refractivity contribution in [1.82, 2.24) is 9.97 Å². The predicted molar refractivity (Wildman–Crippen MR) is 73.5 cm³/mol. The van der Waals surface area contributed by atoms with E-state index in [4.69, 9.17) is 27.9 Å². The summed E-state index contributed by atoms with van der Waals surface area (Å²) < 4.78 is 5.28. The van der Waals surface area contributed by atoms with Gasteiger partial charge in [0.25, 0.3) is 0 Å². The van der Waals surface area contributed by atoms with Crippen LogP contribution in [0.4, 0.5) is 0 Å². The summed E-state index contributed by atoms with van der Waals surface area (Å²) in [5.41, 5.74) is 2.35. The van der Waals surface area contributed by atoms with E-state index in [-0.39, 0.29) is 0 Å². The highest BCUT2D eigenvalue weighted by atomic mass is 35.5. The number of aromatic nitrogens is 2. The topological polar surface area (TPSA) is 35.0 Å². The van der Waals surface area contributed by atoms with Crippen LogP contribution in [0.25, 0.3) is 11.4 Å². The van der Waals surface area contributed by atoms with Crippen molar-refractivity contribution in [3.63, 3.8) is 0 Å². The summed E-state index contributed by atoms with van der Waals surface area (Å²) in [7, 11) is 1.58. The summed E-state index contributed by atoms with van der Waals surface area (Å²) in [5.74, 6) is 1.10. The molecule has 0 radical (unpaired) electrons. The molecule has 0 aliphatic rings. The molecule has 0 N–H and O–H groups in total. The van der Waals surface area contributed by atoms with Crippen molar-refractivity contribution < 1.29 is 4.74 Å². The first-order valence-corrected chi connectivity index (χ1v) is 6.13. The number of halogens is 2. The summed E-state index contributed by atoms with van der Waals surface area (Å²) in [6.45, 7) is 3.76. The van der Waals surface area contributed by atoms with Gasteiger partial charge in [0.2, 0.25) is 0 Å². The van der Waals surface area contributed by atoms with Crippen molar-refractivity contribution in [2.45, 2.75) is 13.8 Å². The first kappa shape index (κ1) is 13.1. The third kappa shape index (κ3) is 2.28. The first-order valence-electron chi connectivity index (χ1n) is 5.38. The predicted octanol–water partition coefficient (Wildman–Crippen LogP) is 4.08. The Morgan fingerprint density at radius 1 is 1.11 bits per heavy atom. The summed E-state index contributed by atoms with van der Waals surface area (Å²) in [6, 6.07) is 5.40. The molecule has 5 heteroatoms. The van der Waals surface area contributed by atoms with Gasteiger partial charge in [-0.15, -0.1) is 0 Å². The second-order valence-electron chi connectivity index (χ2n) is 3.87. The molecule has 1 aromatic heterocycles. The maximum Gasteiger partial charge on any atom is 0.166 e. The van der Waals surface area contributed by atoms with Gasteiger partial charge >= 0.3 is 0 Å². The zero-order chi connectivity index (χ0) is 13.3. The van der Waals surface area contributed by atoms with E-state index < -0.39 is 0 Å². The van der Waals surface area contributed by atoms with Gasteiger partial charge in [0.1, 0.15) is 10.9 Å². The van der Waals surface area contributed by atoms with Crippen LogP contribution in [0.2, 0.25) is 10.2 Å². The van der Waals surface area contributed by atoms with E-state index in [0.717, 1.165) is 11.3 Å². The summed E-state index contributed by atoms with van der Waals surface area (Å²) in [6.07, 6.45) is 0. The van der Waals surface area contributed by atoms with E-state index in [2.05, 4.69) is 9.97 Å². The average molecular weight is 283 g/mol. The van der Waals surface area contributed by atoms with Crippen molar-refractivity contribution in [2.75, 3.05) is 7.11 Å². The molecule has 94 valence electrons. The number of aryl methyl sites for hydroxylation is 1. The van der Waals surface area contributed by atoms with Crippen LogP contribution in [0, 0.1) is 13.8 Å². The highest BCUT2D eigenvalue weighted by Gasteiger charge is 2.15. The third-order valence-electron chi connectivity index (χ3n) is 2.75. The van der Waals surface area contributed by atoms with E-state index in [9.17, 15) is 0 Å². The zero-order valence-electron chi connectivity index (χ0n) is 10.3. The molecule has 18 heavy (non-hydrogen) atoms. The Morgan fingerprint density at radius 2 is 1.83 bits per heavy atom. The zero-order valence-corrected chi connectivity index (χ0v) is 11.8. The first-order chi connectivity index (χ1) is 8.54. The fraction of sp³-hybridized carbons (Fsp3) is 0.231. The average Bonchev–Trinajstić information content (AvgIpc) is 2.35. The van der Waals surface area contributed by atoms with Gasteiger partial charge < -0.3 is 4.74 Å². The van der Waals surface area contributed by atoms with Gasteiger partial charge in [-0.1, -0.05) is 29.3 Å². The molecule has 1 aromatic carbocycles. The Kier molecular flexibility index (Phi) is 3.73. The van der Waals surface area contributed by atoms with Gasteiger partial charge in [-0.25, -0.2) is 9.97 Å². The lowest BCUT2D eigenvalue weighted by Gasteiger charge is -2.11. The van der Waals surface area contributed by atoms with Crippen molar-refractivity contribution in [1.29, 1.82) is 0 Å². The van der Waals surface area contributed by atoms with Crippen molar-refractivity contribution in [3.05, 3.63) is 39.6 Å². The number of benzene rings is 1. The van der Waals surface area contributed by atoms with Crippen LogP contribution in [-0.4, -0.2) is 17.1 Å². The van der Waals surface area contributed by atoms with Crippen LogP contribution in [0.15, 0.2) is 18.2 Å². The molecule has 1 heterocycles. The van der Waals surface area contributed by atoms with Crippen LogP contribution < -0.4 is 4.74 Å². The Bertz CT molecular complexity index is 577. The molecule has 2 aromatic rings. The van der Waals surface area contributed by atoms with Crippen molar-refractivity contribution in [2.24, 2.45) is 0 Å². The molecule has 2 rings (SSSR count). The SMILES string of the molecule is COc1cccc(Cl)c1-c1nc(C)c(C)c(Cl)n1. The number of hydrogen-bond donors (Lipinski definition) is 0. The molecular weight excluding hydrogens is 271 g/mol. The van der Waals surface area contributed by atoms with Crippen LogP contribution >= 0.6 is 23.2 Å². The van der Waals surface area contributed by atoms with E-state index in [1.165, 1.54) is 0 Å². The molecular formula is C13H12Cl2N2O. The van der Waals surface area contributed by atoms with Crippen LogP contribution in [0.1, 0.15) is 11.3 Å². The fourth-order valence-electron chi connectivity index (χ4n) is 1.60. The molecule has 0 saturated heterocycles. The van der Waals surface area contributed by atoms with Crippen molar-refractivity contribution in [3.8, 4) is 17.1 Å². The van der Waals surface area contributed by atoms with Gasteiger partial charge in [-0.3, -0.25) is 0 Å². The summed E-state index contributed by atoms with van der Waals surface area (Å²) in [5, 5.41) is 0.966. The normalized spacial score (nSPS) is 10.5. The van der Waals surface area contributed by atoms with Gasteiger partial charge in [-0.05, 0) is 26.0 Å². The Morgan fingerprint density at radius 3 is 2.44 bits per heavy atom. The molecule has 0 atom stereocenters. The van der Waals surface area contributed by atoms with E-state index in [1.807, 2.05) is 26.0 Å². The smallest absolute Gasteiger partial charge is 0.166 e. The number of rotatable bonds is 2.